The van der Waals surface area contributed by atoms with Gasteiger partial charge in [0, 0.05) is 12.6 Å². The van der Waals surface area contributed by atoms with Gasteiger partial charge in [-0.05, 0) is 25.5 Å². The lowest BCUT2D eigenvalue weighted by atomic mass is 10.3. The smallest absolute Gasteiger partial charge is 0.243 e. The van der Waals surface area contributed by atoms with E-state index in [-0.39, 0.29) is 10.9 Å². The van der Waals surface area contributed by atoms with Crippen LogP contribution in [0.5, 0.6) is 5.75 Å². The second-order valence-corrected chi connectivity index (χ2v) is 6.72. The van der Waals surface area contributed by atoms with Gasteiger partial charge in [-0.15, -0.1) is 0 Å². The standard InChI is InChI=1S/C14H20N4O3S/c1-11(15)7-8-17-22(19,20)12-9-16-18(10-12)13-5-3-4-6-14(13)21-2/h3-6,9-11,17H,7-8,15H2,1-2H3. The zero-order valence-electron chi connectivity index (χ0n) is 12.6. The van der Waals surface area contributed by atoms with Crippen LogP contribution in [0.3, 0.4) is 0 Å². The van der Waals surface area contributed by atoms with Crippen molar-refractivity contribution in [2.75, 3.05) is 13.7 Å². The maximum Gasteiger partial charge on any atom is 0.243 e. The number of rotatable bonds is 7. The van der Waals surface area contributed by atoms with E-state index >= 15 is 0 Å². The van der Waals surface area contributed by atoms with Crippen LogP contribution in [-0.2, 0) is 10.0 Å². The highest BCUT2D eigenvalue weighted by molar-refractivity contribution is 7.89. The maximum absolute atomic E-state index is 12.2. The van der Waals surface area contributed by atoms with Crippen molar-refractivity contribution in [1.29, 1.82) is 0 Å². The molecule has 0 bridgehead atoms. The van der Waals surface area contributed by atoms with Crippen LogP contribution in [0.1, 0.15) is 13.3 Å². The number of sulfonamides is 1. The molecule has 0 saturated carbocycles. The van der Waals surface area contributed by atoms with Crippen molar-refractivity contribution in [3.63, 3.8) is 0 Å². The van der Waals surface area contributed by atoms with Gasteiger partial charge in [-0.3, -0.25) is 0 Å². The Morgan fingerprint density at radius 1 is 1.41 bits per heavy atom. The molecule has 0 aliphatic heterocycles. The van der Waals surface area contributed by atoms with Crippen LogP contribution in [-0.4, -0.2) is 37.9 Å². The molecule has 0 fully saturated rings. The lowest BCUT2D eigenvalue weighted by Gasteiger charge is -2.08. The fourth-order valence-corrected chi connectivity index (χ4v) is 2.88. The molecule has 2 rings (SSSR count). The van der Waals surface area contributed by atoms with Crippen molar-refractivity contribution in [2.45, 2.75) is 24.3 Å². The van der Waals surface area contributed by atoms with Crippen LogP contribution < -0.4 is 15.2 Å². The summed E-state index contributed by atoms with van der Waals surface area (Å²) in [5.74, 6) is 0.611. The molecule has 3 N–H and O–H groups in total. The topological polar surface area (TPSA) is 99.2 Å². The zero-order chi connectivity index (χ0) is 16.2. The molecular weight excluding hydrogens is 304 g/mol. The largest absolute Gasteiger partial charge is 0.494 e. The molecule has 1 aromatic heterocycles. The SMILES string of the molecule is COc1ccccc1-n1cc(S(=O)(=O)NCCC(C)N)cn1. The number of ether oxygens (including phenoxy) is 1. The van der Waals surface area contributed by atoms with Crippen molar-refractivity contribution in [2.24, 2.45) is 5.73 Å². The summed E-state index contributed by atoms with van der Waals surface area (Å²) in [4.78, 5) is 0.100. The quantitative estimate of drug-likeness (QED) is 0.788. The minimum atomic E-state index is -3.59. The van der Waals surface area contributed by atoms with Crippen molar-refractivity contribution >= 4 is 10.0 Å². The number of benzene rings is 1. The predicted octanol–water partition coefficient (Wildman–Crippen LogP) is 0.896. The minimum absolute atomic E-state index is 0.0565. The van der Waals surface area contributed by atoms with Gasteiger partial charge in [0.15, 0.2) is 0 Å². The van der Waals surface area contributed by atoms with Gasteiger partial charge in [0.1, 0.15) is 16.3 Å². The molecular formula is C14H20N4O3S. The predicted molar refractivity (Wildman–Crippen MR) is 83.6 cm³/mol. The molecule has 0 spiro atoms. The highest BCUT2D eigenvalue weighted by atomic mass is 32.2. The van der Waals surface area contributed by atoms with Gasteiger partial charge in [0.2, 0.25) is 10.0 Å². The lowest BCUT2D eigenvalue weighted by molar-refractivity contribution is 0.411. The van der Waals surface area contributed by atoms with Crippen molar-refractivity contribution in [3.05, 3.63) is 36.7 Å². The van der Waals surface area contributed by atoms with Gasteiger partial charge < -0.3 is 10.5 Å². The number of hydrogen-bond acceptors (Lipinski definition) is 5. The minimum Gasteiger partial charge on any atom is -0.494 e. The molecule has 0 amide bonds. The van der Waals surface area contributed by atoms with Crippen LogP contribution >= 0.6 is 0 Å². The fraction of sp³-hybridized carbons (Fsp3) is 0.357. The second kappa shape index (κ2) is 6.91. The molecule has 7 nitrogen and oxygen atoms in total. The Balaban J connectivity index is 2.20. The molecule has 1 unspecified atom stereocenters. The molecule has 0 aliphatic rings. The van der Waals surface area contributed by atoms with Gasteiger partial charge >= 0.3 is 0 Å². The first-order valence-electron chi connectivity index (χ1n) is 6.87. The molecule has 0 radical (unpaired) electrons. The van der Waals surface area contributed by atoms with Crippen LogP contribution in [0.2, 0.25) is 0 Å². The van der Waals surface area contributed by atoms with E-state index in [0.717, 1.165) is 0 Å². The Kier molecular flexibility index (Phi) is 5.17. The highest BCUT2D eigenvalue weighted by Gasteiger charge is 2.17. The van der Waals surface area contributed by atoms with E-state index in [0.29, 0.717) is 24.4 Å². The van der Waals surface area contributed by atoms with Crippen molar-refractivity contribution < 1.29 is 13.2 Å². The van der Waals surface area contributed by atoms with Crippen LogP contribution in [0.25, 0.3) is 5.69 Å². The summed E-state index contributed by atoms with van der Waals surface area (Å²) < 4.78 is 33.6. The monoisotopic (exact) mass is 324 g/mol. The Morgan fingerprint density at radius 3 is 2.82 bits per heavy atom. The third-order valence-corrected chi connectivity index (χ3v) is 4.51. The van der Waals surface area contributed by atoms with Gasteiger partial charge in [-0.25, -0.2) is 17.8 Å². The van der Waals surface area contributed by atoms with E-state index in [1.54, 1.807) is 19.2 Å². The van der Waals surface area contributed by atoms with Crippen molar-refractivity contribution in [3.8, 4) is 11.4 Å². The van der Waals surface area contributed by atoms with E-state index < -0.39 is 10.0 Å². The van der Waals surface area contributed by atoms with E-state index in [1.807, 2.05) is 19.1 Å². The van der Waals surface area contributed by atoms with Crippen molar-refractivity contribution in [1.82, 2.24) is 14.5 Å². The normalized spacial score (nSPS) is 13.0. The number of nitrogens with two attached hydrogens (primary N) is 1. The number of nitrogens with zero attached hydrogens (tertiary/aromatic N) is 2. The van der Waals surface area contributed by atoms with Crippen LogP contribution in [0.15, 0.2) is 41.6 Å². The molecule has 0 saturated heterocycles. The number of aromatic nitrogens is 2. The first kappa shape index (κ1) is 16.5. The number of hydrogen-bond donors (Lipinski definition) is 2. The lowest BCUT2D eigenvalue weighted by Crippen LogP contribution is -2.28. The molecule has 1 aromatic carbocycles. The van der Waals surface area contributed by atoms with Gasteiger partial charge in [-0.1, -0.05) is 12.1 Å². The summed E-state index contributed by atoms with van der Waals surface area (Å²) in [7, 11) is -2.04. The molecule has 8 heteroatoms. The first-order valence-corrected chi connectivity index (χ1v) is 8.35. The summed E-state index contributed by atoms with van der Waals surface area (Å²) >= 11 is 0. The Hall–Kier alpha value is -1.90. The Labute approximate surface area is 130 Å². The van der Waals surface area contributed by atoms with Gasteiger partial charge in [-0.2, -0.15) is 5.10 Å². The summed E-state index contributed by atoms with van der Waals surface area (Å²) in [5.41, 5.74) is 6.28. The highest BCUT2D eigenvalue weighted by Crippen LogP contribution is 2.22. The average molecular weight is 324 g/mol. The number of nitrogens with one attached hydrogen (secondary N) is 1. The third kappa shape index (κ3) is 3.85. The second-order valence-electron chi connectivity index (χ2n) is 4.96. The molecule has 120 valence electrons. The maximum atomic E-state index is 12.2. The molecule has 22 heavy (non-hydrogen) atoms. The fourth-order valence-electron chi connectivity index (χ4n) is 1.90. The van der Waals surface area contributed by atoms with Gasteiger partial charge in [0.25, 0.3) is 0 Å². The van der Waals surface area contributed by atoms with E-state index in [1.165, 1.54) is 17.1 Å². The third-order valence-electron chi connectivity index (χ3n) is 3.09. The van der Waals surface area contributed by atoms with Crippen LogP contribution in [0.4, 0.5) is 0 Å². The van der Waals surface area contributed by atoms with E-state index in [2.05, 4.69) is 9.82 Å². The molecule has 0 aliphatic carbocycles. The van der Waals surface area contributed by atoms with E-state index in [4.69, 9.17) is 10.5 Å². The zero-order valence-corrected chi connectivity index (χ0v) is 13.4. The Morgan fingerprint density at radius 2 is 2.14 bits per heavy atom. The number of para-hydroxylation sites is 2. The van der Waals surface area contributed by atoms with E-state index in [9.17, 15) is 8.42 Å². The molecule has 2 aromatic rings. The molecule has 1 heterocycles. The summed E-state index contributed by atoms with van der Waals surface area (Å²) in [5, 5.41) is 4.10. The summed E-state index contributed by atoms with van der Waals surface area (Å²) in [6, 6.07) is 7.19. The number of methoxy groups -OCH3 is 1. The van der Waals surface area contributed by atoms with Crippen LogP contribution in [0, 0.1) is 0 Å². The summed E-state index contributed by atoms with van der Waals surface area (Å²) in [6.07, 6.45) is 3.33. The first-order chi connectivity index (χ1) is 10.4. The summed E-state index contributed by atoms with van der Waals surface area (Å²) in [6.45, 7) is 2.12. The molecule has 1 atom stereocenters. The van der Waals surface area contributed by atoms with Gasteiger partial charge in [0.05, 0.1) is 19.5 Å². The Bertz CT molecular complexity index is 725. The average Bonchev–Trinajstić information content (AvgIpc) is 2.97.